The van der Waals surface area contributed by atoms with Crippen molar-refractivity contribution < 1.29 is 29.2 Å². The second-order valence-corrected chi connectivity index (χ2v) is 7.46. The van der Waals surface area contributed by atoms with Crippen molar-refractivity contribution in [2.45, 2.75) is 72.1 Å². The number of hydrogen-bond acceptors (Lipinski definition) is 6. The van der Waals surface area contributed by atoms with Gasteiger partial charge in [-0.2, -0.15) is 0 Å². The van der Waals surface area contributed by atoms with E-state index >= 15 is 0 Å². The zero-order valence-corrected chi connectivity index (χ0v) is 18.0. The van der Waals surface area contributed by atoms with E-state index in [1.807, 2.05) is 48.5 Å². The van der Waals surface area contributed by atoms with Crippen LogP contribution < -0.4 is 9.47 Å². The number of para-hydroxylation sites is 2. The van der Waals surface area contributed by atoms with Gasteiger partial charge in [0, 0.05) is 16.5 Å². The molecule has 4 atom stereocenters. The van der Waals surface area contributed by atoms with Crippen molar-refractivity contribution in [2.24, 2.45) is 0 Å². The molecule has 0 spiro atoms. The van der Waals surface area contributed by atoms with Crippen LogP contribution in [-0.2, 0) is 14.9 Å². The molecular weight excluding hydrogens is 372 g/mol. The van der Waals surface area contributed by atoms with Crippen LogP contribution in [0.4, 0.5) is 0 Å². The SMILES string of the molecule is CC(O)OC(C)Oc1ccccc1C(C)(C)c1ccccc1OC(C)OC(C)O. The predicted molar refractivity (Wildman–Crippen MR) is 111 cm³/mol. The second-order valence-electron chi connectivity index (χ2n) is 7.46. The Bertz CT molecular complexity index is 708. The van der Waals surface area contributed by atoms with E-state index in [1.165, 1.54) is 0 Å². The Morgan fingerprint density at radius 2 is 1.00 bits per heavy atom. The summed E-state index contributed by atoms with van der Waals surface area (Å²) >= 11 is 0. The van der Waals surface area contributed by atoms with E-state index in [4.69, 9.17) is 18.9 Å². The van der Waals surface area contributed by atoms with Crippen LogP contribution in [0.2, 0.25) is 0 Å². The molecule has 29 heavy (non-hydrogen) atoms. The maximum atomic E-state index is 9.44. The maximum absolute atomic E-state index is 9.44. The van der Waals surface area contributed by atoms with Crippen molar-refractivity contribution in [3.63, 3.8) is 0 Å². The topological polar surface area (TPSA) is 77.4 Å². The average molecular weight is 405 g/mol. The van der Waals surface area contributed by atoms with Gasteiger partial charge in [-0.05, 0) is 39.8 Å². The lowest BCUT2D eigenvalue weighted by molar-refractivity contribution is -0.180. The quantitative estimate of drug-likeness (QED) is 0.579. The van der Waals surface area contributed by atoms with Gasteiger partial charge >= 0.3 is 0 Å². The third-order valence-electron chi connectivity index (χ3n) is 4.48. The first-order valence-electron chi connectivity index (χ1n) is 9.80. The number of benzene rings is 2. The average Bonchev–Trinajstić information content (AvgIpc) is 2.60. The first kappa shape index (κ1) is 23.2. The molecule has 0 heterocycles. The van der Waals surface area contributed by atoms with Crippen molar-refractivity contribution in [1.29, 1.82) is 0 Å². The molecule has 0 fully saturated rings. The highest BCUT2D eigenvalue weighted by Gasteiger charge is 2.30. The Balaban J connectivity index is 2.36. The van der Waals surface area contributed by atoms with Crippen molar-refractivity contribution in [3.05, 3.63) is 59.7 Å². The molecule has 160 valence electrons. The lowest BCUT2D eigenvalue weighted by Gasteiger charge is -2.31. The first-order valence-corrected chi connectivity index (χ1v) is 9.80. The molecule has 0 aliphatic heterocycles. The molecule has 6 heteroatoms. The van der Waals surface area contributed by atoms with Crippen molar-refractivity contribution >= 4 is 0 Å². The number of hydrogen-bond donors (Lipinski definition) is 2. The summed E-state index contributed by atoms with van der Waals surface area (Å²) in [6.07, 6.45) is -3.07. The molecule has 0 aromatic heterocycles. The van der Waals surface area contributed by atoms with Crippen molar-refractivity contribution in [1.82, 2.24) is 0 Å². The lowest BCUT2D eigenvalue weighted by atomic mass is 9.77. The van der Waals surface area contributed by atoms with Gasteiger partial charge in [0.2, 0.25) is 0 Å². The van der Waals surface area contributed by atoms with Crippen LogP contribution in [0.1, 0.15) is 52.7 Å². The van der Waals surface area contributed by atoms with Crippen LogP contribution in [0.25, 0.3) is 0 Å². The summed E-state index contributed by atoms with van der Waals surface area (Å²) in [5.74, 6) is 1.32. The van der Waals surface area contributed by atoms with E-state index in [-0.39, 0.29) is 0 Å². The minimum atomic E-state index is -0.922. The Morgan fingerprint density at radius 1 is 0.655 bits per heavy atom. The second kappa shape index (κ2) is 10.1. The number of aliphatic hydroxyl groups is 2. The van der Waals surface area contributed by atoms with E-state index in [0.717, 1.165) is 11.1 Å². The molecule has 0 saturated heterocycles. The summed E-state index contributed by atoms with van der Waals surface area (Å²) in [6, 6.07) is 15.4. The molecule has 2 N–H and O–H groups in total. The van der Waals surface area contributed by atoms with Gasteiger partial charge < -0.3 is 29.2 Å². The van der Waals surface area contributed by atoms with E-state index in [9.17, 15) is 10.2 Å². The van der Waals surface area contributed by atoms with Crippen LogP contribution in [0, 0.1) is 0 Å². The highest BCUT2D eigenvalue weighted by atomic mass is 16.7. The smallest absolute Gasteiger partial charge is 0.199 e. The fourth-order valence-electron chi connectivity index (χ4n) is 3.28. The van der Waals surface area contributed by atoms with Crippen molar-refractivity contribution in [2.75, 3.05) is 0 Å². The molecule has 0 radical (unpaired) electrons. The molecule has 0 bridgehead atoms. The lowest BCUT2D eigenvalue weighted by Crippen LogP contribution is -2.27. The third kappa shape index (κ3) is 6.44. The minimum absolute atomic E-state index is 0.470. The fraction of sp³-hybridized carbons (Fsp3) is 0.478. The molecule has 0 saturated carbocycles. The molecule has 0 aliphatic carbocycles. The predicted octanol–water partition coefficient (Wildman–Crippen LogP) is 4.17. The molecule has 2 aromatic carbocycles. The van der Waals surface area contributed by atoms with Gasteiger partial charge in [0.05, 0.1) is 0 Å². The number of rotatable bonds is 10. The molecule has 0 aliphatic rings. The molecule has 2 rings (SSSR count). The van der Waals surface area contributed by atoms with Gasteiger partial charge in [-0.25, -0.2) is 0 Å². The largest absolute Gasteiger partial charge is 0.465 e. The van der Waals surface area contributed by atoms with Crippen LogP contribution in [0.3, 0.4) is 0 Å². The maximum Gasteiger partial charge on any atom is 0.199 e. The standard InChI is InChI=1S/C23H32O6/c1-15(24)26-17(3)28-21-13-9-7-11-19(21)23(5,6)20-12-8-10-14-22(20)29-18(4)27-16(2)25/h7-18,24-25H,1-6H3. The monoisotopic (exact) mass is 404 g/mol. The summed E-state index contributed by atoms with van der Waals surface area (Å²) in [5, 5.41) is 18.9. The summed E-state index contributed by atoms with van der Waals surface area (Å²) in [4.78, 5) is 0. The van der Waals surface area contributed by atoms with Gasteiger partial charge in [0.15, 0.2) is 25.2 Å². The zero-order valence-electron chi connectivity index (χ0n) is 18.0. The Kier molecular flexibility index (Phi) is 8.05. The molecule has 6 nitrogen and oxygen atoms in total. The van der Waals surface area contributed by atoms with E-state index in [0.29, 0.717) is 11.5 Å². The van der Waals surface area contributed by atoms with E-state index in [2.05, 4.69) is 13.8 Å². The normalized spacial score (nSPS) is 16.0. The fourth-order valence-corrected chi connectivity index (χ4v) is 3.28. The summed E-state index contributed by atoms with van der Waals surface area (Å²) in [6.45, 7) is 10.7. The molecule has 0 amide bonds. The highest BCUT2D eigenvalue weighted by Crippen LogP contribution is 2.41. The Morgan fingerprint density at radius 3 is 1.34 bits per heavy atom. The van der Waals surface area contributed by atoms with E-state index < -0.39 is 30.6 Å². The van der Waals surface area contributed by atoms with Crippen LogP contribution in [0.5, 0.6) is 11.5 Å². The summed E-state index contributed by atoms with van der Waals surface area (Å²) < 4.78 is 22.5. The summed E-state index contributed by atoms with van der Waals surface area (Å²) in [5.41, 5.74) is 1.42. The third-order valence-corrected chi connectivity index (χ3v) is 4.48. The van der Waals surface area contributed by atoms with Gasteiger partial charge in [0.1, 0.15) is 11.5 Å². The highest BCUT2D eigenvalue weighted by molar-refractivity contribution is 5.50. The summed E-state index contributed by atoms with van der Waals surface area (Å²) in [7, 11) is 0. The van der Waals surface area contributed by atoms with Crippen molar-refractivity contribution in [3.8, 4) is 11.5 Å². The van der Waals surface area contributed by atoms with Gasteiger partial charge in [-0.15, -0.1) is 0 Å². The number of aliphatic hydroxyl groups excluding tert-OH is 2. The molecular formula is C23H32O6. The van der Waals surface area contributed by atoms with Crippen LogP contribution in [-0.4, -0.2) is 35.4 Å². The number of ether oxygens (including phenoxy) is 4. The first-order chi connectivity index (χ1) is 13.6. The minimum Gasteiger partial charge on any atom is -0.465 e. The van der Waals surface area contributed by atoms with E-state index in [1.54, 1.807) is 27.7 Å². The zero-order chi connectivity index (χ0) is 21.6. The molecule has 4 unspecified atom stereocenters. The molecule has 2 aromatic rings. The van der Waals surface area contributed by atoms with Gasteiger partial charge in [0.25, 0.3) is 0 Å². The van der Waals surface area contributed by atoms with Gasteiger partial charge in [-0.3, -0.25) is 0 Å². The van der Waals surface area contributed by atoms with Crippen LogP contribution >= 0.6 is 0 Å². The van der Waals surface area contributed by atoms with Crippen LogP contribution in [0.15, 0.2) is 48.5 Å². The van der Waals surface area contributed by atoms with Gasteiger partial charge in [-0.1, -0.05) is 50.2 Å². The Labute approximate surface area is 173 Å². The Hall–Kier alpha value is -2.12.